The van der Waals surface area contributed by atoms with Crippen molar-refractivity contribution in [3.63, 3.8) is 0 Å². The summed E-state index contributed by atoms with van der Waals surface area (Å²) in [5, 5.41) is 7.62. The molecule has 0 aromatic carbocycles. The molecule has 0 aliphatic heterocycles. The van der Waals surface area contributed by atoms with E-state index >= 15 is 0 Å². The van der Waals surface area contributed by atoms with Crippen LogP contribution >= 0.6 is 0 Å². The van der Waals surface area contributed by atoms with Crippen molar-refractivity contribution in [3.05, 3.63) is 0 Å². The molecule has 0 rings (SSSR count). The molecule has 7 nitrogen and oxygen atoms in total. The molecule has 0 radical (unpaired) electrons. The van der Waals surface area contributed by atoms with Gasteiger partial charge < -0.3 is 26.5 Å². The minimum absolute atomic E-state index is 0.171. The molecule has 0 aromatic heterocycles. The van der Waals surface area contributed by atoms with Gasteiger partial charge in [0, 0.05) is 6.54 Å². The first kappa shape index (κ1) is 19.7. The molecule has 0 heterocycles. The summed E-state index contributed by atoms with van der Waals surface area (Å²) in [5.41, 5.74) is 4.86. The van der Waals surface area contributed by atoms with Crippen molar-refractivity contribution in [2.24, 2.45) is 5.73 Å². The van der Waals surface area contributed by atoms with Gasteiger partial charge in [0.2, 0.25) is 5.91 Å². The molecule has 5 N–H and O–H groups in total. The van der Waals surface area contributed by atoms with Gasteiger partial charge in [-0.15, -0.1) is 0 Å². The third-order valence-electron chi connectivity index (χ3n) is 1.84. The Kier molecular flexibility index (Phi) is 15.0. The zero-order valence-electron chi connectivity index (χ0n) is 12.0. The molecule has 112 valence electrons. The van der Waals surface area contributed by atoms with Crippen LogP contribution in [-0.2, 0) is 9.59 Å². The quantitative estimate of drug-likeness (QED) is 0.361. The molecule has 0 aromatic rings. The van der Waals surface area contributed by atoms with Gasteiger partial charge in [-0.25, -0.2) is 4.79 Å². The number of urea groups is 1. The minimum Gasteiger partial charge on any atom is -0.352 e. The molecule has 0 fully saturated rings. The summed E-state index contributed by atoms with van der Waals surface area (Å²) in [6.07, 6.45) is 2.98. The van der Waals surface area contributed by atoms with Gasteiger partial charge in [-0.2, -0.15) is 0 Å². The zero-order valence-corrected chi connectivity index (χ0v) is 12.0. The Hall–Kier alpha value is -1.63. The van der Waals surface area contributed by atoms with Gasteiger partial charge in [-0.1, -0.05) is 20.3 Å². The summed E-state index contributed by atoms with van der Waals surface area (Å²) >= 11 is 0. The van der Waals surface area contributed by atoms with E-state index in [1.54, 1.807) is 7.05 Å². The van der Waals surface area contributed by atoms with Gasteiger partial charge in [0.1, 0.15) is 6.29 Å². The third kappa shape index (κ3) is 16.4. The van der Waals surface area contributed by atoms with Gasteiger partial charge >= 0.3 is 6.03 Å². The topological polar surface area (TPSA) is 113 Å². The normalized spacial score (nSPS) is 10.7. The van der Waals surface area contributed by atoms with E-state index in [4.69, 9.17) is 5.73 Å². The third-order valence-corrected chi connectivity index (χ3v) is 1.84. The van der Waals surface area contributed by atoms with Crippen LogP contribution in [0.4, 0.5) is 4.79 Å². The van der Waals surface area contributed by atoms with Crippen LogP contribution in [0.2, 0.25) is 0 Å². The largest absolute Gasteiger partial charge is 0.352 e. The maximum absolute atomic E-state index is 11.1. The summed E-state index contributed by atoms with van der Waals surface area (Å²) in [6, 6.07) is -1.11. The Labute approximate surface area is 114 Å². The first-order valence-corrected chi connectivity index (χ1v) is 6.44. The van der Waals surface area contributed by atoms with Crippen LogP contribution in [0.1, 0.15) is 33.1 Å². The molecular weight excluding hydrogens is 248 g/mol. The number of primary amides is 1. The van der Waals surface area contributed by atoms with Crippen LogP contribution in [0.25, 0.3) is 0 Å². The number of likely N-dealkylation sites (N-methyl/N-ethyl adjacent to an activating group) is 1. The number of aldehydes is 1. The van der Waals surface area contributed by atoms with Crippen molar-refractivity contribution in [3.8, 4) is 0 Å². The molecule has 7 heteroatoms. The predicted molar refractivity (Wildman–Crippen MR) is 74.7 cm³/mol. The predicted octanol–water partition coefficient (Wildman–Crippen LogP) is -0.246. The first-order valence-electron chi connectivity index (χ1n) is 6.44. The fourth-order valence-corrected chi connectivity index (χ4v) is 1.13. The maximum atomic E-state index is 11.1. The molecule has 3 amide bonds. The number of nitrogens with one attached hydrogen (secondary N) is 3. The number of carbonyl (C=O) groups excluding carboxylic acids is 3. The smallest absolute Gasteiger partial charge is 0.312 e. The first-order chi connectivity index (χ1) is 9.01. The standard InChI is InChI=1S/C9H18N4O3.C3H8/c1-11-5-8(15)13-7(6-14)3-2-4-12-9(10)16;1-3-2/h6-7,11H,2-5H2,1H3,(H,13,15)(H3,10,12,16);3H2,1-2H3. The summed E-state index contributed by atoms with van der Waals surface area (Å²) < 4.78 is 0. The highest BCUT2D eigenvalue weighted by molar-refractivity contribution is 5.81. The molecule has 0 aliphatic carbocycles. The SMILES string of the molecule is CCC.CNCC(=O)NC(C=O)CCCNC(N)=O. The number of rotatable bonds is 8. The number of hydrogen-bond donors (Lipinski definition) is 4. The summed E-state index contributed by atoms with van der Waals surface area (Å²) in [6.45, 7) is 4.81. The lowest BCUT2D eigenvalue weighted by Crippen LogP contribution is -2.41. The second-order valence-corrected chi connectivity index (χ2v) is 3.98. The number of amides is 3. The van der Waals surface area contributed by atoms with Crippen LogP contribution in [0, 0.1) is 0 Å². The lowest BCUT2D eigenvalue weighted by atomic mass is 10.2. The van der Waals surface area contributed by atoms with Gasteiger partial charge in [-0.3, -0.25) is 4.79 Å². The average Bonchev–Trinajstić information content (AvgIpc) is 2.34. The Morgan fingerprint density at radius 2 is 1.89 bits per heavy atom. The molecule has 0 saturated carbocycles. The molecule has 1 unspecified atom stereocenters. The molecule has 1 atom stereocenters. The lowest BCUT2D eigenvalue weighted by Gasteiger charge is -2.12. The molecule has 0 aliphatic rings. The van der Waals surface area contributed by atoms with Crippen LogP contribution in [0.3, 0.4) is 0 Å². The van der Waals surface area contributed by atoms with Crippen molar-refractivity contribution in [1.82, 2.24) is 16.0 Å². The number of nitrogens with two attached hydrogens (primary N) is 1. The highest BCUT2D eigenvalue weighted by atomic mass is 16.2. The fourth-order valence-electron chi connectivity index (χ4n) is 1.13. The van der Waals surface area contributed by atoms with Gasteiger partial charge in [-0.05, 0) is 19.9 Å². The molecule has 0 spiro atoms. The van der Waals surface area contributed by atoms with Crippen molar-refractivity contribution in [2.45, 2.75) is 39.2 Å². The van der Waals surface area contributed by atoms with Crippen LogP contribution in [0.5, 0.6) is 0 Å². The second kappa shape index (κ2) is 14.4. The van der Waals surface area contributed by atoms with Crippen molar-refractivity contribution in [2.75, 3.05) is 20.1 Å². The van der Waals surface area contributed by atoms with Crippen LogP contribution in [0.15, 0.2) is 0 Å². The van der Waals surface area contributed by atoms with Crippen LogP contribution < -0.4 is 21.7 Å². The van der Waals surface area contributed by atoms with Crippen molar-refractivity contribution in [1.29, 1.82) is 0 Å². The monoisotopic (exact) mass is 274 g/mol. The summed E-state index contributed by atoms with van der Waals surface area (Å²) in [4.78, 5) is 32.1. The lowest BCUT2D eigenvalue weighted by molar-refractivity contribution is -0.123. The Balaban J connectivity index is 0. The van der Waals surface area contributed by atoms with Crippen molar-refractivity contribution < 1.29 is 14.4 Å². The Morgan fingerprint density at radius 1 is 1.32 bits per heavy atom. The highest BCUT2D eigenvalue weighted by Crippen LogP contribution is 1.93. The molecule has 19 heavy (non-hydrogen) atoms. The van der Waals surface area contributed by atoms with E-state index in [1.807, 2.05) is 0 Å². The van der Waals surface area contributed by atoms with E-state index in [0.29, 0.717) is 25.7 Å². The minimum atomic E-state index is -0.595. The molecule has 0 bridgehead atoms. The van der Waals surface area contributed by atoms with E-state index in [0.717, 1.165) is 0 Å². The van der Waals surface area contributed by atoms with Crippen LogP contribution in [-0.4, -0.2) is 44.4 Å². The second-order valence-electron chi connectivity index (χ2n) is 3.98. The van der Waals surface area contributed by atoms with Gasteiger partial charge in [0.15, 0.2) is 0 Å². The number of hydrogen-bond acceptors (Lipinski definition) is 4. The summed E-state index contributed by atoms with van der Waals surface area (Å²) in [7, 11) is 1.65. The molecular formula is C12H26N4O3. The van der Waals surface area contributed by atoms with E-state index < -0.39 is 12.1 Å². The highest BCUT2D eigenvalue weighted by Gasteiger charge is 2.09. The van der Waals surface area contributed by atoms with E-state index in [2.05, 4.69) is 29.8 Å². The maximum Gasteiger partial charge on any atom is 0.312 e. The average molecular weight is 274 g/mol. The fraction of sp³-hybridized carbons (Fsp3) is 0.750. The molecule has 0 saturated heterocycles. The van der Waals surface area contributed by atoms with E-state index in [9.17, 15) is 14.4 Å². The van der Waals surface area contributed by atoms with E-state index in [-0.39, 0.29) is 12.5 Å². The Bertz CT molecular complexity index is 259. The van der Waals surface area contributed by atoms with E-state index in [1.165, 1.54) is 6.42 Å². The number of carbonyl (C=O) groups is 3. The summed E-state index contributed by atoms with van der Waals surface area (Å²) in [5.74, 6) is -0.234. The van der Waals surface area contributed by atoms with Gasteiger partial charge in [0.25, 0.3) is 0 Å². The Morgan fingerprint density at radius 3 is 2.32 bits per heavy atom. The zero-order chi connectivity index (χ0) is 15.1. The van der Waals surface area contributed by atoms with Crippen molar-refractivity contribution >= 4 is 18.2 Å². The van der Waals surface area contributed by atoms with Gasteiger partial charge in [0.05, 0.1) is 12.6 Å².